The Bertz CT molecular complexity index is 261. The predicted molar refractivity (Wildman–Crippen MR) is 65.1 cm³/mol. The number of rotatable bonds is 1. The zero-order valence-corrected chi connectivity index (χ0v) is 10.5. The maximum atomic E-state index is 6.16. The van der Waals surface area contributed by atoms with Gasteiger partial charge in [-0.05, 0) is 62.7 Å². The first-order valence-electron chi connectivity index (χ1n) is 7.10. The van der Waals surface area contributed by atoms with Gasteiger partial charge in [0.1, 0.15) is 0 Å². The summed E-state index contributed by atoms with van der Waals surface area (Å²) in [6, 6.07) is 0.463. The van der Waals surface area contributed by atoms with Gasteiger partial charge in [-0.15, -0.1) is 0 Å². The highest BCUT2D eigenvalue weighted by Gasteiger charge is 2.46. The Morgan fingerprint density at radius 2 is 2.00 bits per heavy atom. The molecule has 1 heterocycles. The van der Waals surface area contributed by atoms with E-state index in [1.54, 1.807) is 0 Å². The summed E-state index contributed by atoms with van der Waals surface area (Å²) >= 11 is 0. The monoisotopic (exact) mass is 223 g/mol. The standard InChI is InChI=1S/C14H25NO/c1-10-12(3-4-13(10)15)11-5-8-16-14(9-11)6-2-7-14/h10-13H,2-9,15H2,1H3. The van der Waals surface area contributed by atoms with E-state index < -0.39 is 0 Å². The van der Waals surface area contributed by atoms with Gasteiger partial charge in [0.25, 0.3) is 0 Å². The Labute approximate surface area is 98.9 Å². The highest BCUT2D eigenvalue weighted by molar-refractivity contribution is 4.98. The van der Waals surface area contributed by atoms with Crippen LogP contribution in [0.25, 0.3) is 0 Å². The molecule has 3 aliphatic rings. The van der Waals surface area contributed by atoms with E-state index in [0.717, 1.165) is 24.4 Å². The van der Waals surface area contributed by atoms with Crippen LogP contribution in [0.3, 0.4) is 0 Å². The minimum atomic E-state index is 0.315. The molecule has 0 aromatic carbocycles. The smallest absolute Gasteiger partial charge is 0.0685 e. The lowest BCUT2D eigenvalue weighted by Crippen LogP contribution is -2.47. The first kappa shape index (κ1) is 11.0. The van der Waals surface area contributed by atoms with Gasteiger partial charge in [-0.3, -0.25) is 0 Å². The fourth-order valence-electron chi connectivity index (χ4n) is 4.24. The van der Waals surface area contributed by atoms with Gasteiger partial charge in [-0.2, -0.15) is 0 Å². The molecule has 2 N–H and O–H groups in total. The zero-order valence-electron chi connectivity index (χ0n) is 10.5. The van der Waals surface area contributed by atoms with Crippen molar-refractivity contribution in [3.63, 3.8) is 0 Å². The molecule has 2 aliphatic carbocycles. The zero-order chi connectivity index (χ0) is 11.2. The molecule has 1 aliphatic heterocycles. The summed E-state index contributed by atoms with van der Waals surface area (Å²) in [6.07, 6.45) is 9.23. The first-order chi connectivity index (χ1) is 7.70. The van der Waals surface area contributed by atoms with Gasteiger partial charge in [-0.1, -0.05) is 6.92 Å². The van der Waals surface area contributed by atoms with Gasteiger partial charge in [0.2, 0.25) is 0 Å². The van der Waals surface area contributed by atoms with Crippen LogP contribution in [-0.2, 0) is 4.74 Å². The summed E-state index contributed by atoms with van der Waals surface area (Å²) in [5.41, 5.74) is 6.47. The number of nitrogens with two attached hydrogens (primary N) is 1. The lowest BCUT2D eigenvalue weighted by Gasteiger charge is -2.49. The molecule has 2 saturated carbocycles. The molecule has 1 saturated heterocycles. The average Bonchev–Trinajstić information content (AvgIpc) is 2.58. The Morgan fingerprint density at radius 3 is 2.56 bits per heavy atom. The molecular weight excluding hydrogens is 198 g/mol. The Kier molecular flexibility index (Phi) is 2.75. The lowest BCUT2D eigenvalue weighted by atomic mass is 9.67. The van der Waals surface area contributed by atoms with E-state index in [0.29, 0.717) is 11.6 Å². The van der Waals surface area contributed by atoms with Gasteiger partial charge < -0.3 is 10.5 Å². The molecule has 2 nitrogen and oxygen atoms in total. The van der Waals surface area contributed by atoms with Crippen LogP contribution in [0.4, 0.5) is 0 Å². The third-order valence-corrected chi connectivity index (χ3v) is 5.59. The SMILES string of the molecule is CC1C(N)CCC1C1CCOC2(CCC2)C1. The molecule has 16 heavy (non-hydrogen) atoms. The summed E-state index contributed by atoms with van der Waals surface area (Å²) in [5.74, 6) is 2.52. The van der Waals surface area contributed by atoms with E-state index in [2.05, 4.69) is 6.92 Å². The van der Waals surface area contributed by atoms with E-state index in [9.17, 15) is 0 Å². The fourth-order valence-corrected chi connectivity index (χ4v) is 4.24. The van der Waals surface area contributed by atoms with Crippen LogP contribution in [0.15, 0.2) is 0 Å². The molecular formula is C14H25NO. The van der Waals surface area contributed by atoms with E-state index in [4.69, 9.17) is 10.5 Å². The highest BCUT2D eigenvalue weighted by Crippen LogP contribution is 2.49. The highest BCUT2D eigenvalue weighted by atomic mass is 16.5. The van der Waals surface area contributed by atoms with Crippen molar-refractivity contribution in [1.29, 1.82) is 0 Å². The van der Waals surface area contributed by atoms with Gasteiger partial charge in [0.15, 0.2) is 0 Å². The summed E-state index contributed by atoms with van der Waals surface area (Å²) < 4.78 is 6.02. The Balaban J connectivity index is 1.66. The fraction of sp³-hybridized carbons (Fsp3) is 1.00. The lowest BCUT2D eigenvalue weighted by molar-refractivity contribution is -0.151. The van der Waals surface area contributed by atoms with Crippen molar-refractivity contribution >= 4 is 0 Å². The minimum Gasteiger partial charge on any atom is -0.375 e. The van der Waals surface area contributed by atoms with Crippen LogP contribution in [-0.4, -0.2) is 18.2 Å². The van der Waals surface area contributed by atoms with E-state index >= 15 is 0 Å². The third kappa shape index (κ3) is 1.70. The van der Waals surface area contributed by atoms with E-state index in [-0.39, 0.29) is 0 Å². The van der Waals surface area contributed by atoms with Crippen molar-refractivity contribution in [2.24, 2.45) is 23.5 Å². The topological polar surface area (TPSA) is 35.2 Å². The summed E-state index contributed by atoms with van der Waals surface area (Å²) in [6.45, 7) is 3.37. The predicted octanol–water partition coefficient (Wildman–Crippen LogP) is 2.71. The van der Waals surface area contributed by atoms with Crippen molar-refractivity contribution in [2.75, 3.05) is 6.61 Å². The van der Waals surface area contributed by atoms with Gasteiger partial charge in [0.05, 0.1) is 5.60 Å². The molecule has 0 aromatic rings. The van der Waals surface area contributed by atoms with E-state index in [1.807, 2.05) is 0 Å². The maximum absolute atomic E-state index is 6.16. The molecule has 2 heteroatoms. The molecule has 0 bridgehead atoms. The molecule has 4 unspecified atom stereocenters. The van der Waals surface area contributed by atoms with Gasteiger partial charge in [-0.25, -0.2) is 0 Å². The molecule has 0 radical (unpaired) electrons. The van der Waals surface area contributed by atoms with Crippen LogP contribution < -0.4 is 5.73 Å². The Morgan fingerprint density at radius 1 is 1.19 bits per heavy atom. The summed E-state index contributed by atoms with van der Waals surface area (Å²) in [4.78, 5) is 0. The van der Waals surface area contributed by atoms with Crippen molar-refractivity contribution < 1.29 is 4.74 Å². The molecule has 3 fully saturated rings. The summed E-state index contributed by atoms with van der Waals surface area (Å²) in [7, 11) is 0. The maximum Gasteiger partial charge on any atom is 0.0685 e. The van der Waals surface area contributed by atoms with E-state index in [1.165, 1.54) is 44.9 Å². The third-order valence-electron chi connectivity index (χ3n) is 5.59. The van der Waals surface area contributed by atoms with Gasteiger partial charge in [0, 0.05) is 12.6 Å². The normalized spacial score (nSPS) is 46.9. The molecule has 3 rings (SSSR count). The number of ether oxygens (including phenoxy) is 1. The van der Waals surface area contributed by atoms with Crippen LogP contribution in [0.5, 0.6) is 0 Å². The second kappa shape index (κ2) is 3.99. The second-order valence-corrected chi connectivity index (χ2v) is 6.40. The van der Waals surface area contributed by atoms with Crippen LogP contribution in [0.2, 0.25) is 0 Å². The van der Waals surface area contributed by atoms with Crippen LogP contribution >= 0.6 is 0 Å². The second-order valence-electron chi connectivity index (χ2n) is 6.40. The van der Waals surface area contributed by atoms with Crippen molar-refractivity contribution in [3.8, 4) is 0 Å². The summed E-state index contributed by atoms with van der Waals surface area (Å²) in [5, 5.41) is 0. The largest absolute Gasteiger partial charge is 0.375 e. The average molecular weight is 223 g/mol. The molecule has 4 atom stereocenters. The van der Waals surface area contributed by atoms with Crippen LogP contribution in [0.1, 0.15) is 51.9 Å². The number of hydrogen-bond donors (Lipinski definition) is 1. The van der Waals surface area contributed by atoms with Crippen molar-refractivity contribution in [1.82, 2.24) is 0 Å². The van der Waals surface area contributed by atoms with Crippen LogP contribution in [0, 0.1) is 17.8 Å². The molecule has 92 valence electrons. The minimum absolute atomic E-state index is 0.315. The quantitative estimate of drug-likeness (QED) is 0.742. The molecule has 1 spiro atoms. The Hall–Kier alpha value is -0.0800. The molecule has 0 aromatic heterocycles. The number of hydrogen-bond acceptors (Lipinski definition) is 2. The van der Waals surface area contributed by atoms with Crippen molar-refractivity contribution in [2.45, 2.75) is 63.5 Å². The van der Waals surface area contributed by atoms with Crippen molar-refractivity contribution in [3.05, 3.63) is 0 Å². The van der Waals surface area contributed by atoms with Gasteiger partial charge >= 0.3 is 0 Å². The molecule has 0 amide bonds. The first-order valence-corrected chi connectivity index (χ1v) is 7.10.